The number of benzene rings is 1. The van der Waals surface area contributed by atoms with Gasteiger partial charge in [0.25, 0.3) is 0 Å². The molecule has 2 aliphatic heterocycles. The second-order valence-electron chi connectivity index (χ2n) is 8.54. The number of ether oxygens (including phenoxy) is 2. The maximum absolute atomic E-state index is 5.97. The normalized spacial score (nSPS) is 18.1. The number of hydrogen-bond donors (Lipinski definition) is 1. The Balaban J connectivity index is 1.36. The molecule has 0 unspecified atom stereocenters. The Hall–Kier alpha value is -2.12. The molecule has 1 aromatic heterocycles. The highest BCUT2D eigenvalue weighted by atomic mass is 16.5. The average Bonchev–Trinajstić information content (AvgIpc) is 3.17. The van der Waals surface area contributed by atoms with Crippen molar-refractivity contribution in [2.45, 2.75) is 52.2 Å². The summed E-state index contributed by atoms with van der Waals surface area (Å²) in [6.45, 7) is 11.0. The topological polar surface area (TPSA) is 64.4 Å². The Bertz CT molecular complexity index is 812. The molecule has 0 aliphatic carbocycles. The number of nitrogens with zero attached hydrogens (tertiary/aromatic N) is 4. The van der Waals surface area contributed by atoms with Gasteiger partial charge in [-0.3, -0.25) is 4.90 Å². The predicted molar refractivity (Wildman–Crippen MR) is 112 cm³/mol. The molecule has 0 radical (unpaired) electrons. The molecule has 1 fully saturated rings. The third-order valence-corrected chi connectivity index (χ3v) is 5.81. The van der Waals surface area contributed by atoms with Gasteiger partial charge in [-0.2, -0.15) is 0 Å². The van der Waals surface area contributed by atoms with Crippen LogP contribution in [0.25, 0.3) is 0 Å². The standard InChI is InChI=1S/C22H33N5O2/c1-16(2)15-29-20-12-17(4-5-19(20)28-3)14-26-9-6-18(7-10-26)22-25-24-21-13-23-8-11-27(21)22/h4-5,12,16,18,23H,6-11,13-15H2,1-3H3. The average molecular weight is 400 g/mol. The van der Waals surface area contributed by atoms with Gasteiger partial charge in [0.1, 0.15) is 11.6 Å². The lowest BCUT2D eigenvalue weighted by Gasteiger charge is -2.32. The molecule has 1 saturated heterocycles. The fourth-order valence-corrected chi connectivity index (χ4v) is 4.21. The molecule has 1 aromatic carbocycles. The van der Waals surface area contributed by atoms with Crippen LogP contribution in [0.5, 0.6) is 11.5 Å². The molecule has 0 saturated carbocycles. The third kappa shape index (κ3) is 4.73. The van der Waals surface area contributed by atoms with Crippen molar-refractivity contribution >= 4 is 0 Å². The van der Waals surface area contributed by atoms with Gasteiger partial charge in [0, 0.05) is 25.6 Å². The van der Waals surface area contributed by atoms with Crippen LogP contribution in [-0.2, 0) is 19.6 Å². The lowest BCUT2D eigenvalue weighted by atomic mass is 9.95. The van der Waals surface area contributed by atoms with Crippen molar-refractivity contribution in [3.8, 4) is 11.5 Å². The van der Waals surface area contributed by atoms with Crippen molar-refractivity contribution in [2.24, 2.45) is 5.92 Å². The van der Waals surface area contributed by atoms with Crippen LogP contribution in [0, 0.1) is 5.92 Å². The summed E-state index contributed by atoms with van der Waals surface area (Å²) in [7, 11) is 1.70. The minimum Gasteiger partial charge on any atom is -0.493 e. The van der Waals surface area contributed by atoms with Crippen LogP contribution in [0.15, 0.2) is 18.2 Å². The minimum absolute atomic E-state index is 0.487. The highest BCUT2D eigenvalue weighted by molar-refractivity contribution is 5.43. The minimum atomic E-state index is 0.487. The van der Waals surface area contributed by atoms with Crippen LogP contribution in [0.4, 0.5) is 0 Å². The van der Waals surface area contributed by atoms with E-state index in [0.717, 1.165) is 69.4 Å². The van der Waals surface area contributed by atoms with Crippen LogP contribution >= 0.6 is 0 Å². The number of piperidine rings is 1. The second kappa shape index (κ2) is 9.13. The van der Waals surface area contributed by atoms with Crippen molar-refractivity contribution in [2.75, 3.05) is 33.4 Å². The van der Waals surface area contributed by atoms with Crippen LogP contribution in [0.2, 0.25) is 0 Å². The van der Waals surface area contributed by atoms with Gasteiger partial charge < -0.3 is 19.4 Å². The largest absolute Gasteiger partial charge is 0.493 e. The maximum Gasteiger partial charge on any atom is 0.161 e. The number of methoxy groups -OCH3 is 1. The lowest BCUT2D eigenvalue weighted by molar-refractivity contribution is 0.199. The lowest BCUT2D eigenvalue weighted by Crippen LogP contribution is -2.34. The van der Waals surface area contributed by atoms with Gasteiger partial charge in [0.05, 0.1) is 20.3 Å². The van der Waals surface area contributed by atoms with Gasteiger partial charge in [0.2, 0.25) is 0 Å². The molecular weight excluding hydrogens is 366 g/mol. The summed E-state index contributed by atoms with van der Waals surface area (Å²) in [4.78, 5) is 2.53. The number of aromatic nitrogens is 3. The number of likely N-dealkylation sites (tertiary alicyclic amines) is 1. The van der Waals surface area contributed by atoms with Crippen molar-refractivity contribution in [1.29, 1.82) is 0 Å². The van der Waals surface area contributed by atoms with E-state index in [2.05, 4.69) is 51.0 Å². The molecule has 0 spiro atoms. The summed E-state index contributed by atoms with van der Waals surface area (Å²) in [6.07, 6.45) is 2.27. The highest BCUT2D eigenvalue weighted by Gasteiger charge is 2.27. The Morgan fingerprint density at radius 1 is 1.14 bits per heavy atom. The SMILES string of the molecule is COc1ccc(CN2CCC(c3nnc4n3CCNC4)CC2)cc1OCC(C)C. The second-order valence-corrected chi connectivity index (χ2v) is 8.54. The molecule has 7 nitrogen and oxygen atoms in total. The van der Waals surface area contributed by atoms with E-state index < -0.39 is 0 Å². The van der Waals surface area contributed by atoms with Crippen molar-refractivity contribution in [3.63, 3.8) is 0 Å². The molecule has 4 rings (SSSR count). The zero-order valence-corrected chi connectivity index (χ0v) is 17.9. The zero-order valence-electron chi connectivity index (χ0n) is 17.9. The van der Waals surface area contributed by atoms with Crippen LogP contribution in [-0.4, -0.2) is 53.0 Å². The Kier molecular flexibility index (Phi) is 6.35. The summed E-state index contributed by atoms with van der Waals surface area (Å²) in [5, 5.41) is 12.3. The van der Waals surface area contributed by atoms with E-state index in [1.165, 1.54) is 11.4 Å². The van der Waals surface area contributed by atoms with Crippen LogP contribution in [0.1, 0.15) is 49.8 Å². The third-order valence-electron chi connectivity index (χ3n) is 5.81. The smallest absolute Gasteiger partial charge is 0.161 e. The van der Waals surface area contributed by atoms with Crippen molar-refractivity contribution in [1.82, 2.24) is 25.0 Å². The highest BCUT2D eigenvalue weighted by Crippen LogP contribution is 2.31. The summed E-state index contributed by atoms with van der Waals surface area (Å²) in [5.41, 5.74) is 1.27. The molecule has 29 heavy (non-hydrogen) atoms. The van der Waals surface area contributed by atoms with Gasteiger partial charge in [0.15, 0.2) is 11.5 Å². The summed E-state index contributed by atoms with van der Waals surface area (Å²) in [6, 6.07) is 6.30. The molecule has 0 amide bonds. The first kappa shape index (κ1) is 20.2. The molecular formula is C22H33N5O2. The first-order chi connectivity index (χ1) is 14.1. The Labute approximate surface area is 173 Å². The molecule has 3 heterocycles. The van der Waals surface area contributed by atoms with Crippen molar-refractivity contribution in [3.05, 3.63) is 35.4 Å². The number of hydrogen-bond acceptors (Lipinski definition) is 6. The van der Waals surface area contributed by atoms with Gasteiger partial charge in [-0.1, -0.05) is 19.9 Å². The first-order valence-electron chi connectivity index (χ1n) is 10.8. The summed E-state index contributed by atoms with van der Waals surface area (Å²) in [5.74, 6) is 4.93. The predicted octanol–water partition coefficient (Wildman–Crippen LogP) is 2.80. The Morgan fingerprint density at radius 2 is 1.97 bits per heavy atom. The van der Waals surface area contributed by atoms with Gasteiger partial charge in [-0.25, -0.2) is 0 Å². The zero-order chi connectivity index (χ0) is 20.2. The van der Waals surface area contributed by atoms with E-state index in [4.69, 9.17) is 9.47 Å². The molecule has 0 atom stereocenters. The van der Waals surface area contributed by atoms with E-state index in [9.17, 15) is 0 Å². The van der Waals surface area contributed by atoms with E-state index in [0.29, 0.717) is 18.4 Å². The number of nitrogens with one attached hydrogen (secondary N) is 1. The molecule has 0 bridgehead atoms. The Morgan fingerprint density at radius 3 is 2.72 bits per heavy atom. The summed E-state index contributed by atoms with van der Waals surface area (Å²) >= 11 is 0. The molecule has 1 N–H and O–H groups in total. The van der Waals surface area contributed by atoms with E-state index >= 15 is 0 Å². The number of rotatable bonds is 7. The fourth-order valence-electron chi connectivity index (χ4n) is 4.21. The monoisotopic (exact) mass is 399 g/mol. The van der Waals surface area contributed by atoms with E-state index in [1.807, 2.05) is 6.07 Å². The van der Waals surface area contributed by atoms with Gasteiger partial charge in [-0.15, -0.1) is 10.2 Å². The molecule has 2 aromatic rings. The van der Waals surface area contributed by atoms with E-state index in [1.54, 1.807) is 7.11 Å². The van der Waals surface area contributed by atoms with Gasteiger partial charge >= 0.3 is 0 Å². The van der Waals surface area contributed by atoms with Gasteiger partial charge in [-0.05, 0) is 49.5 Å². The molecule has 158 valence electrons. The first-order valence-corrected chi connectivity index (χ1v) is 10.8. The summed E-state index contributed by atoms with van der Waals surface area (Å²) < 4.78 is 13.8. The number of fused-ring (bicyclic) bond motifs is 1. The van der Waals surface area contributed by atoms with Crippen LogP contribution < -0.4 is 14.8 Å². The molecule has 2 aliphatic rings. The van der Waals surface area contributed by atoms with Crippen molar-refractivity contribution < 1.29 is 9.47 Å². The van der Waals surface area contributed by atoms with E-state index in [-0.39, 0.29) is 0 Å². The fraction of sp³-hybridized carbons (Fsp3) is 0.636. The quantitative estimate of drug-likeness (QED) is 0.772. The van der Waals surface area contributed by atoms with Crippen LogP contribution in [0.3, 0.4) is 0 Å². The maximum atomic E-state index is 5.97. The molecule has 7 heteroatoms.